The summed E-state index contributed by atoms with van der Waals surface area (Å²) in [5, 5.41) is 17.4. The number of carboxylic acid groups (broad SMARTS) is 1. The fourth-order valence-corrected chi connectivity index (χ4v) is 0.863. The number of aliphatic hydroxyl groups excluding tert-OH is 1. The van der Waals surface area contributed by atoms with Gasteiger partial charge in [0.05, 0.1) is 12.6 Å². The molecule has 1 aliphatic rings. The molecule has 0 aliphatic carbocycles. The van der Waals surface area contributed by atoms with Crippen molar-refractivity contribution in [2.24, 2.45) is 0 Å². The Balaban J connectivity index is 2.52. The Hall–Kier alpha value is -1.03. The van der Waals surface area contributed by atoms with Gasteiger partial charge in [0, 0.05) is 6.54 Å². The third-order valence-corrected chi connectivity index (χ3v) is 1.36. The van der Waals surface area contributed by atoms with Gasteiger partial charge in [-0.15, -0.1) is 0 Å². The highest BCUT2D eigenvalue weighted by Crippen LogP contribution is 2.01. The first kappa shape index (κ1) is 7.08. The van der Waals surface area contributed by atoms with Crippen molar-refractivity contribution in [2.45, 2.75) is 6.10 Å². The first-order valence-corrected chi connectivity index (χ1v) is 3.03. The van der Waals surface area contributed by atoms with Gasteiger partial charge in [0.25, 0.3) is 0 Å². The van der Waals surface area contributed by atoms with Crippen LogP contribution in [0.5, 0.6) is 0 Å². The number of nitrogens with zero attached hydrogens (tertiary/aromatic N) is 1. The Morgan fingerprint density at radius 3 is 2.80 bits per heavy atom. The van der Waals surface area contributed by atoms with Crippen LogP contribution in [-0.2, 0) is 0 Å². The zero-order valence-electron chi connectivity index (χ0n) is 5.40. The standard InChI is InChI=1S/C6H9NO3/c8-5-2-1-3-7(4-5)6(9)10/h1-2,5,8H,3-4H2,(H,9,10). The normalized spacial score (nSPS) is 24.9. The van der Waals surface area contributed by atoms with Crippen LogP contribution in [0.4, 0.5) is 4.79 Å². The molecule has 0 bridgehead atoms. The Bertz CT molecular complexity index is 166. The van der Waals surface area contributed by atoms with Gasteiger partial charge in [-0.2, -0.15) is 0 Å². The molecule has 0 saturated carbocycles. The molecule has 2 N–H and O–H groups in total. The van der Waals surface area contributed by atoms with Crippen LogP contribution in [0.2, 0.25) is 0 Å². The van der Waals surface area contributed by atoms with Gasteiger partial charge in [-0.05, 0) is 0 Å². The van der Waals surface area contributed by atoms with Gasteiger partial charge in [-0.3, -0.25) is 0 Å². The van der Waals surface area contributed by atoms with E-state index in [2.05, 4.69) is 0 Å². The van der Waals surface area contributed by atoms with Crippen molar-refractivity contribution in [2.75, 3.05) is 13.1 Å². The SMILES string of the molecule is O=C(O)N1CC=CC(O)C1. The summed E-state index contributed by atoms with van der Waals surface area (Å²) in [6.07, 6.45) is 1.62. The summed E-state index contributed by atoms with van der Waals surface area (Å²) >= 11 is 0. The third-order valence-electron chi connectivity index (χ3n) is 1.36. The van der Waals surface area contributed by atoms with Crippen LogP contribution in [0, 0.1) is 0 Å². The van der Waals surface area contributed by atoms with Crippen LogP contribution in [0.15, 0.2) is 12.2 Å². The molecule has 0 fully saturated rings. The maximum Gasteiger partial charge on any atom is 0.407 e. The molecule has 10 heavy (non-hydrogen) atoms. The summed E-state index contributed by atoms with van der Waals surface area (Å²) in [5.41, 5.74) is 0. The average Bonchev–Trinajstić information content (AvgIpc) is 1.88. The van der Waals surface area contributed by atoms with Gasteiger partial charge < -0.3 is 15.1 Å². The van der Waals surface area contributed by atoms with Crippen LogP contribution >= 0.6 is 0 Å². The average molecular weight is 143 g/mol. The van der Waals surface area contributed by atoms with Gasteiger partial charge in [0.15, 0.2) is 0 Å². The van der Waals surface area contributed by atoms with Gasteiger partial charge in [-0.1, -0.05) is 12.2 Å². The number of rotatable bonds is 0. The van der Waals surface area contributed by atoms with Crippen molar-refractivity contribution >= 4 is 6.09 Å². The number of carbonyl (C=O) groups is 1. The number of hydrogen-bond acceptors (Lipinski definition) is 2. The van der Waals surface area contributed by atoms with Gasteiger partial charge >= 0.3 is 6.09 Å². The zero-order chi connectivity index (χ0) is 7.56. The van der Waals surface area contributed by atoms with Crippen molar-refractivity contribution in [3.8, 4) is 0 Å². The molecule has 0 aromatic rings. The van der Waals surface area contributed by atoms with E-state index in [9.17, 15) is 4.79 Å². The molecule has 1 unspecified atom stereocenters. The predicted molar refractivity (Wildman–Crippen MR) is 34.7 cm³/mol. The van der Waals surface area contributed by atoms with E-state index < -0.39 is 12.2 Å². The molecule has 0 spiro atoms. The molecule has 0 saturated heterocycles. The van der Waals surface area contributed by atoms with Gasteiger partial charge in [0.2, 0.25) is 0 Å². The van der Waals surface area contributed by atoms with E-state index in [-0.39, 0.29) is 6.54 Å². The smallest absolute Gasteiger partial charge is 0.407 e. The minimum atomic E-state index is -0.983. The topological polar surface area (TPSA) is 60.8 Å². The molecule has 1 rings (SSSR count). The maximum absolute atomic E-state index is 10.3. The molecule has 0 aromatic heterocycles. The first-order valence-electron chi connectivity index (χ1n) is 3.03. The Morgan fingerprint density at radius 1 is 1.70 bits per heavy atom. The second-order valence-corrected chi connectivity index (χ2v) is 2.18. The first-order chi connectivity index (χ1) is 4.70. The lowest BCUT2D eigenvalue weighted by Gasteiger charge is -2.22. The number of aliphatic hydroxyl groups is 1. The monoisotopic (exact) mass is 143 g/mol. The lowest BCUT2D eigenvalue weighted by Crippen LogP contribution is -2.38. The molecule has 0 aromatic carbocycles. The van der Waals surface area contributed by atoms with E-state index in [0.717, 1.165) is 4.90 Å². The molecular weight excluding hydrogens is 134 g/mol. The molecule has 1 amide bonds. The number of amides is 1. The van der Waals surface area contributed by atoms with Crippen LogP contribution in [0.1, 0.15) is 0 Å². The predicted octanol–water partition coefficient (Wildman–Crippen LogP) is -0.103. The van der Waals surface area contributed by atoms with Crippen LogP contribution in [0.3, 0.4) is 0 Å². The third kappa shape index (κ3) is 1.48. The fraction of sp³-hybridized carbons (Fsp3) is 0.500. The van der Waals surface area contributed by atoms with E-state index in [0.29, 0.717) is 6.54 Å². The van der Waals surface area contributed by atoms with Crippen molar-refractivity contribution in [3.63, 3.8) is 0 Å². The minimum Gasteiger partial charge on any atom is -0.465 e. The second kappa shape index (κ2) is 2.70. The van der Waals surface area contributed by atoms with E-state index in [1.165, 1.54) is 0 Å². The molecule has 56 valence electrons. The molecule has 4 heteroatoms. The molecule has 4 nitrogen and oxygen atoms in total. The Morgan fingerprint density at radius 2 is 2.40 bits per heavy atom. The number of hydrogen-bond donors (Lipinski definition) is 2. The van der Waals surface area contributed by atoms with Crippen molar-refractivity contribution in [3.05, 3.63) is 12.2 Å². The summed E-state index contributed by atoms with van der Waals surface area (Å²) in [7, 11) is 0. The largest absolute Gasteiger partial charge is 0.465 e. The van der Waals surface area contributed by atoms with Crippen LogP contribution in [0.25, 0.3) is 0 Å². The highest BCUT2D eigenvalue weighted by atomic mass is 16.4. The summed E-state index contributed by atoms with van der Waals surface area (Å²) in [6, 6.07) is 0. The lowest BCUT2D eigenvalue weighted by atomic mass is 10.2. The van der Waals surface area contributed by atoms with E-state index >= 15 is 0 Å². The minimum absolute atomic E-state index is 0.186. The second-order valence-electron chi connectivity index (χ2n) is 2.18. The van der Waals surface area contributed by atoms with Crippen LogP contribution < -0.4 is 0 Å². The van der Waals surface area contributed by atoms with E-state index in [1.807, 2.05) is 0 Å². The van der Waals surface area contributed by atoms with Crippen molar-refractivity contribution < 1.29 is 15.0 Å². The van der Waals surface area contributed by atoms with Crippen molar-refractivity contribution in [1.29, 1.82) is 0 Å². The Labute approximate surface area is 58.4 Å². The zero-order valence-corrected chi connectivity index (χ0v) is 5.40. The quantitative estimate of drug-likeness (QED) is 0.465. The van der Waals surface area contributed by atoms with Crippen molar-refractivity contribution in [1.82, 2.24) is 4.90 Å². The fourth-order valence-electron chi connectivity index (χ4n) is 0.863. The van der Waals surface area contributed by atoms with Gasteiger partial charge in [-0.25, -0.2) is 4.79 Å². The summed E-state index contributed by atoms with van der Waals surface area (Å²) in [6.45, 7) is 0.568. The molecule has 1 heterocycles. The van der Waals surface area contributed by atoms with Crippen LogP contribution in [-0.4, -0.2) is 40.4 Å². The van der Waals surface area contributed by atoms with E-state index in [1.54, 1.807) is 12.2 Å². The highest BCUT2D eigenvalue weighted by Gasteiger charge is 2.16. The summed E-state index contributed by atoms with van der Waals surface area (Å²) < 4.78 is 0. The maximum atomic E-state index is 10.3. The molecule has 1 aliphatic heterocycles. The van der Waals surface area contributed by atoms with Gasteiger partial charge in [0.1, 0.15) is 0 Å². The molecule has 1 atom stereocenters. The Kier molecular flexibility index (Phi) is 1.91. The summed E-state index contributed by atoms with van der Waals surface area (Å²) in [4.78, 5) is 11.4. The highest BCUT2D eigenvalue weighted by molar-refractivity contribution is 5.65. The van der Waals surface area contributed by atoms with E-state index in [4.69, 9.17) is 10.2 Å². The molecular formula is C6H9NO3. The molecule has 0 radical (unpaired) electrons. The lowest BCUT2D eigenvalue weighted by molar-refractivity contribution is 0.115. The number of β-amino-alcohol motifs (C(OH)–C–C–N with tert-alkyl or cyclic N) is 1. The summed E-state index contributed by atoms with van der Waals surface area (Å²) in [5.74, 6) is 0.